The fourth-order valence-corrected chi connectivity index (χ4v) is 3.68. The van der Waals surface area contributed by atoms with Crippen molar-refractivity contribution in [1.29, 1.82) is 0 Å². The largest absolute Gasteiger partial charge is 0.481 e. The number of terminal acetylenes is 1. The molecule has 0 fully saturated rings. The van der Waals surface area contributed by atoms with Crippen LogP contribution in [0.4, 0.5) is 10.9 Å². The molecule has 0 unspecified atom stereocenters. The molecule has 6 heteroatoms. The Bertz CT molecular complexity index is 763. The number of benzene rings is 1. The molecule has 23 heavy (non-hydrogen) atoms. The summed E-state index contributed by atoms with van der Waals surface area (Å²) in [7, 11) is 0. The van der Waals surface area contributed by atoms with Crippen molar-refractivity contribution in [2.75, 3.05) is 23.8 Å². The van der Waals surface area contributed by atoms with Crippen LogP contribution in [0, 0.1) is 12.3 Å². The second-order valence-corrected chi connectivity index (χ2v) is 6.16. The summed E-state index contributed by atoms with van der Waals surface area (Å²) in [5.41, 5.74) is 1.03. The first kappa shape index (κ1) is 15.4. The third-order valence-corrected chi connectivity index (χ3v) is 4.65. The maximum Gasteiger partial charge on any atom is 0.226 e. The SMILES string of the molecule is C#CCOc1cccc([C@H]2CC(=O)Nc3nc(NCC)sc32)c1. The lowest BCUT2D eigenvalue weighted by atomic mass is 9.91. The number of hydrogen-bond acceptors (Lipinski definition) is 5. The zero-order valence-corrected chi connectivity index (χ0v) is 13.6. The average molecular weight is 327 g/mol. The van der Waals surface area contributed by atoms with Crippen LogP contribution in [0.15, 0.2) is 24.3 Å². The van der Waals surface area contributed by atoms with Gasteiger partial charge in [0.25, 0.3) is 0 Å². The highest BCUT2D eigenvalue weighted by Gasteiger charge is 2.30. The Balaban J connectivity index is 1.94. The molecule has 0 bridgehead atoms. The molecule has 1 amide bonds. The normalized spacial score (nSPS) is 16.2. The van der Waals surface area contributed by atoms with Crippen LogP contribution in [0.1, 0.15) is 29.7 Å². The average Bonchev–Trinajstić information content (AvgIpc) is 2.95. The Hall–Kier alpha value is -2.52. The van der Waals surface area contributed by atoms with Gasteiger partial charge in [0, 0.05) is 18.9 Å². The first-order valence-corrected chi connectivity index (χ1v) is 8.23. The van der Waals surface area contributed by atoms with Crippen LogP contribution >= 0.6 is 11.3 Å². The van der Waals surface area contributed by atoms with Crippen molar-refractivity contribution in [2.45, 2.75) is 19.3 Å². The van der Waals surface area contributed by atoms with Crippen molar-refractivity contribution in [2.24, 2.45) is 0 Å². The lowest BCUT2D eigenvalue weighted by Crippen LogP contribution is -2.22. The number of anilines is 2. The van der Waals surface area contributed by atoms with Crippen molar-refractivity contribution in [3.05, 3.63) is 34.7 Å². The van der Waals surface area contributed by atoms with Crippen LogP contribution in [0.5, 0.6) is 5.75 Å². The van der Waals surface area contributed by atoms with E-state index >= 15 is 0 Å². The minimum absolute atomic E-state index is 0.0157. The summed E-state index contributed by atoms with van der Waals surface area (Å²) in [6.07, 6.45) is 5.63. The number of thiazole rings is 1. The van der Waals surface area contributed by atoms with E-state index in [-0.39, 0.29) is 18.4 Å². The fourth-order valence-electron chi connectivity index (χ4n) is 2.56. The number of hydrogen-bond donors (Lipinski definition) is 2. The highest BCUT2D eigenvalue weighted by Crippen LogP contribution is 2.42. The maximum absolute atomic E-state index is 12.0. The van der Waals surface area contributed by atoms with Gasteiger partial charge in [-0.3, -0.25) is 4.79 Å². The lowest BCUT2D eigenvalue weighted by Gasteiger charge is -2.22. The van der Waals surface area contributed by atoms with E-state index in [1.165, 1.54) is 0 Å². The third-order valence-electron chi connectivity index (χ3n) is 3.53. The summed E-state index contributed by atoms with van der Waals surface area (Å²) in [6, 6.07) is 7.72. The molecule has 1 atom stereocenters. The van der Waals surface area contributed by atoms with Crippen LogP contribution in [0.2, 0.25) is 0 Å². The molecule has 1 aromatic heterocycles. The fraction of sp³-hybridized carbons (Fsp3) is 0.294. The Kier molecular flexibility index (Phi) is 4.49. The van der Waals surface area contributed by atoms with E-state index in [0.29, 0.717) is 18.0 Å². The first-order chi connectivity index (χ1) is 11.2. The number of nitrogens with zero attached hydrogens (tertiary/aromatic N) is 1. The number of fused-ring (bicyclic) bond motifs is 1. The Morgan fingerprint density at radius 2 is 2.43 bits per heavy atom. The monoisotopic (exact) mass is 327 g/mol. The van der Waals surface area contributed by atoms with E-state index in [2.05, 4.69) is 21.5 Å². The van der Waals surface area contributed by atoms with Crippen molar-refractivity contribution < 1.29 is 9.53 Å². The van der Waals surface area contributed by atoms with Gasteiger partial charge >= 0.3 is 0 Å². The number of ether oxygens (including phenoxy) is 1. The summed E-state index contributed by atoms with van der Waals surface area (Å²) in [5.74, 6) is 3.78. The van der Waals surface area contributed by atoms with Gasteiger partial charge in [-0.2, -0.15) is 0 Å². The van der Waals surface area contributed by atoms with E-state index in [0.717, 1.165) is 22.1 Å². The van der Waals surface area contributed by atoms with Gasteiger partial charge in [0.15, 0.2) is 5.13 Å². The molecule has 0 saturated heterocycles. The molecule has 0 saturated carbocycles. The van der Waals surface area contributed by atoms with E-state index < -0.39 is 0 Å². The molecular formula is C17H17N3O2S. The number of nitrogens with one attached hydrogen (secondary N) is 2. The second kappa shape index (κ2) is 6.71. The van der Waals surface area contributed by atoms with Gasteiger partial charge in [0.2, 0.25) is 5.91 Å². The van der Waals surface area contributed by atoms with Crippen molar-refractivity contribution in [3.63, 3.8) is 0 Å². The van der Waals surface area contributed by atoms with E-state index in [1.54, 1.807) is 11.3 Å². The third kappa shape index (κ3) is 3.30. The van der Waals surface area contributed by atoms with Crippen molar-refractivity contribution in [1.82, 2.24) is 4.98 Å². The molecule has 3 rings (SSSR count). The van der Waals surface area contributed by atoms with E-state index in [9.17, 15) is 4.79 Å². The van der Waals surface area contributed by atoms with Crippen molar-refractivity contribution in [3.8, 4) is 18.1 Å². The van der Waals surface area contributed by atoms with Crippen molar-refractivity contribution >= 4 is 28.2 Å². The number of carbonyl (C=O) groups is 1. The Labute approximate surface area is 139 Å². The molecule has 2 N–H and O–H groups in total. The predicted molar refractivity (Wildman–Crippen MR) is 92.1 cm³/mol. The Morgan fingerprint density at radius 3 is 3.22 bits per heavy atom. The standard InChI is InChI=1S/C17H17N3O2S/c1-3-8-22-12-7-5-6-11(9-12)13-10-14(21)19-16-15(13)23-17(20-16)18-4-2/h1,5-7,9,13H,4,8,10H2,2H3,(H,18,20)(H,19,21)/t13-/m1/s1. The molecule has 1 aliphatic heterocycles. The van der Waals surface area contributed by atoms with Gasteiger partial charge in [0.05, 0.1) is 4.88 Å². The molecule has 5 nitrogen and oxygen atoms in total. The molecule has 0 aliphatic carbocycles. The molecule has 0 spiro atoms. The second-order valence-electron chi connectivity index (χ2n) is 5.13. The summed E-state index contributed by atoms with van der Waals surface area (Å²) < 4.78 is 5.48. The molecule has 1 aliphatic rings. The number of carbonyl (C=O) groups excluding carboxylic acids is 1. The molecule has 1 aromatic carbocycles. The van der Waals surface area contributed by atoms with Gasteiger partial charge in [-0.1, -0.05) is 29.4 Å². The topological polar surface area (TPSA) is 63.2 Å². The zero-order valence-electron chi connectivity index (χ0n) is 12.8. The van der Waals surface area contributed by atoms with Gasteiger partial charge in [0.1, 0.15) is 18.2 Å². The minimum atomic E-state index is -0.0224. The summed E-state index contributed by atoms with van der Waals surface area (Å²) in [5, 5.41) is 6.87. The van der Waals surface area contributed by atoms with E-state index in [1.807, 2.05) is 31.2 Å². The predicted octanol–water partition coefficient (Wildman–Crippen LogP) is 3.06. The Morgan fingerprint density at radius 1 is 1.57 bits per heavy atom. The van der Waals surface area contributed by atoms with Gasteiger partial charge < -0.3 is 15.4 Å². The number of rotatable bonds is 5. The van der Waals surface area contributed by atoms with Crippen LogP contribution < -0.4 is 15.4 Å². The summed E-state index contributed by atoms with van der Waals surface area (Å²) in [6.45, 7) is 3.04. The lowest BCUT2D eigenvalue weighted by molar-refractivity contribution is -0.116. The maximum atomic E-state index is 12.0. The van der Waals surface area contributed by atoms with Crippen LogP contribution in [0.3, 0.4) is 0 Å². The number of amides is 1. The highest BCUT2D eigenvalue weighted by atomic mass is 32.1. The minimum Gasteiger partial charge on any atom is -0.481 e. The number of aromatic nitrogens is 1. The van der Waals surface area contributed by atoms with Gasteiger partial charge in [-0.05, 0) is 24.6 Å². The molecule has 118 valence electrons. The molecule has 0 radical (unpaired) electrons. The smallest absolute Gasteiger partial charge is 0.226 e. The highest BCUT2D eigenvalue weighted by molar-refractivity contribution is 7.16. The molecular weight excluding hydrogens is 310 g/mol. The quantitative estimate of drug-likeness (QED) is 0.829. The summed E-state index contributed by atoms with van der Waals surface area (Å²) in [4.78, 5) is 17.5. The van der Waals surface area contributed by atoms with Gasteiger partial charge in [-0.25, -0.2) is 4.98 Å². The first-order valence-electron chi connectivity index (χ1n) is 7.42. The van der Waals surface area contributed by atoms with Crippen LogP contribution in [-0.4, -0.2) is 24.0 Å². The molecule has 2 aromatic rings. The molecule has 2 heterocycles. The summed E-state index contributed by atoms with van der Waals surface area (Å²) >= 11 is 1.58. The van der Waals surface area contributed by atoms with Gasteiger partial charge in [-0.15, -0.1) is 6.42 Å². The van der Waals surface area contributed by atoms with Crippen LogP contribution in [-0.2, 0) is 4.79 Å². The zero-order chi connectivity index (χ0) is 16.2. The van der Waals surface area contributed by atoms with E-state index in [4.69, 9.17) is 11.2 Å². The van der Waals surface area contributed by atoms with Crippen LogP contribution in [0.25, 0.3) is 0 Å².